The fourth-order valence-corrected chi connectivity index (χ4v) is 4.20. The molecule has 1 aromatic carbocycles. The van der Waals surface area contributed by atoms with E-state index in [9.17, 15) is 0 Å². The number of ether oxygens (including phenoxy) is 2. The van der Waals surface area contributed by atoms with Crippen molar-refractivity contribution in [2.45, 2.75) is 52.0 Å². The van der Waals surface area contributed by atoms with Crippen LogP contribution in [0.15, 0.2) is 28.8 Å². The number of benzene rings is 1. The molecule has 0 aliphatic carbocycles. The number of nitrogens with zero attached hydrogens (tertiary/aromatic N) is 2. The van der Waals surface area contributed by atoms with Crippen LogP contribution in [-0.2, 0) is 6.42 Å². The zero-order chi connectivity index (χ0) is 17.9. The van der Waals surface area contributed by atoms with Crippen LogP contribution in [0.25, 0.3) is 0 Å². The number of fused-ring (bicyclic) bond motifs is 1. The normalized spacial score (nSPS) is 21.5. The van der Waals surface area contributed by atoms with E-state index in [1.807, 2.05) is 13.0 Å². The quantitative estimate of drug-likeness (QED) is 0.789. The number of likely N-dealkylation sites (tertiary alicyclic amines) is 1. The van der Waals surface area contributed by atoms with Crippen molar-refractivity contribution in [1.82, 2.24) is 10.1 Å². The van der Waals surface area contributed by atoms with Gasteiger partial charge in [-0.1, -0.05) is 31.0 Å². The van der Waals surface area contributed by atoms with E-state index >= 15 is 0 Å². The Kier molecular flexibility index (Phi) is 5.16. The minimum Gasteiger partial charge on any atom is -0.454 e. The Labute approximate surface area is 155 Å². The zero-order valence-corrected chi connectivity index (χ0v) is 15.7. The molecule has 5 nitrogen and oxygen atoms in total. The lowest BCUT2D eigenvalue weighted by Gasteiger charge is -2.31. The molecule has 0 bridgehead atoms. The summed E-state index contributed by atoms with van der Waals surface area (Å²) >= 11 is 0. The smallest absolute Gasteiger partial charge is 0.231 e. The van der Waals surface area contributed by atoms with Crippen LogP contribution in [0.1, 0.15) is 55.7 Å². The number of aryl methyl sites for hydroxylation is 1. The van der Waals surface area contributed by atoms with E-state index in [1.165, 1.54) is 31.2 Å². The van der Waals surface area contributed by atoms with E-state index in [2.05, 4.69) is 35.2 Å². The summed E-state index contributed by atoms with van der Waals surface area (Å²) in [5.74, 6) is 3.19. The molecule has 1 saturated heterocycles. The molecule has 0 spiro atoms. The molecule has 0 unspecified atom stereocenters. The Balaban J connectivity index is 1.43. The standard InChI is InChI=1S/C21H28N2O3/c1-15(10-17-7-8-20-21(12-17)25-14-24-20)13-23-9-5-3-4-6-19(23)18-11-16(2)26-22-18/h7-8,11-12,15,19H,3-6,9-10,13-14H2,1-2H3/t15-,19+/m0/s1. The Hall–Kier alpha value is -2.01. The predicted octanol–water partition coefficient (Wildman–Crippen LogP) is 4.51. The van der Waals surface area contributed by atoms with Gasteiger partial charge < -0.3 is 14.0 Å². The van der Waals surface area contributed by atoms with Crippen LogP contribution in [-0.4, -0.2) is 29.9 Å². The highest BCUT2D eigenvalue weighted by Crippen LogP contribution is 2.34. The zero-order valence-electron chi connectivity index (χ0n) is 15.7. The lowest BCUT2D eigenvalue weighted by Crippen LogP contribution is -2.33. The van der Waals surface area contributed by atoms with Crippen LogP contribution < -0.4 is 9.47 Å². The van der Waals surface area contributed by atoms with Gasteiger partial charge in [-0.05, 0) is 56.3 Å². The average molecular weight is 356 g/mol. The summed E-state index contributed by atoms with van der Waals surface area (Å²) in [4.78, 5) is 2.61. The summed E-state index contributed by atoms with van der Waals surface area (Å²) in [7, 11) is 0. The molecule has 5 heteroatoms. The van der Waals surface area contributed by atoms with Crippen molar-refractivity contribution in [2.75, 3.05) is 19.9 Å². The molecule has 0 N–H and O–H groups in total. The third-order valence-electron chi connectivity index (χ3n) is 5.42. The highest BCUT2D eigenvalue weighted by atomic mass is 16.7. The molecule has 2 aromatic rings. The largest absolute Gasteiger partial charge is 0.454 e. The van der Waals surface area contributed by atoms with Gasteiger partial charge in [0.15, 0.2) is 11.5 Å². The first-order valence-electron chi connectivity index (χ1n) is 9.75. The Morgan fingerprint density at radius 1 is 1.15 bits per heavy atom. The topological polar surface area (TPSA) is 47.7 Å². The molecular weight excluding hydrogens is 328 g/mol. The van der Waals surface area contributed by atoms with Gasteiger partial charge in [-0.25, -0.2) is 0 Å². The van der Waals surface area contributed by atoms with Crippen LogP contribution >= 0.6 is 0 Å². The maximum Gasteiger partial charge on any atom is 0.231 e. The van der Waals surface area contributed by atoms with Crippen molar-refractivity contribution >= 4 is 0 Å². The molecule has 0 amide bonds. The molecule has 1 fully saturated rings. The highest BCUT2D eigenvalue weighted by molar-refractivity contribution is 5.44. The van der Waals surface area contributed by atoms with Crippen LogP contribution in [0.5, 0.6) is 11.5 Å². The molecule has 4 rings (SSSR count). The van der Waals surface area contributed by atoms with E-state index in [0.717, 1.165) is 42.5 Å². The maximum absolute atomic E-state index is 5.51. The Morgan fingerprint density at radius 2 is 2.04 bits per heavy atom. The second-order valence-corrected chi connectivity index (χ2v) is 7.72. The predicted molar refractivity (Wildman–Crippen MR) is 99.5 cm³/mol. The van der Waals surface area contributed by atoms with Crippen LogP contribution in [0.4, 0.5) is 0 Å². The summed E-state index contributed by atoms with van der Waals surface area (Å²) in [6.07, 6.45) is 6.05. The summed E-state index contributed by atoms with van der Waals surface area (Å²) in [6.45, 7) is 6.86. The minimum absolute atomic E-state index is 0.334. The van der Waals surface area contributed by atoms with Crippen LogP contribution in [0, 0.1) is 12.8 Å². The van der Waals surface area contributed by atoms with Crippen molar-refractivity contribution in [3.8, 4) is 11.5 Å². The summed E-state index contributed by atoms with van der Waals surface area (Å²) in [6, 6.07) is 8.79. The number of hydrogen-bond acceptors (Lipinski definition) is 5. The van der Waals surface area contributed by atoms with Crippen molar-refractivity contribution in [3.05, 3.63) is 41.3 Å². The SMILES string of the molecule is Cc1cc([C@H]2CCCCCN2C[C@@H](C)Cc2ccc3c(c2)OCO3)no1. The Morgan fingerprint density at radius 3 is 2.88 bits per heavy atom. The molecule has 2 atom stereocenters. The van der Waals surface area contributed by atoms with Crippen molar-refractivity contribution in [2.24, 2.45) is 5.92 Å². The second-order valence-electron chi connectivity index (χ2n) is 7.72. The van der Waals surface area contributed by atoms with Gasteiger partial charge in [0, 0.05) is 12.6 Å². The van der Waals surface area contributed by atoms with Gasteiger partial charge in [-0.15, -0.1) is 0 Å². The monoisotopic (exact) mass is 356 g/mol. The van der Waals surface area contributed by atoms with Crippen LogP contribution in [0.3, 0.4) is 0 Å². The first-order valence-corrected chi connectivity index (χ1v) is 9.75. The molecule has 2 aliphatic heterocycles. The van der Waals surface area contributed by atoms with Gasteiger partial charge >= 0.3 is 0 Å². The Bertz CT molecular complexity index is 743. The molecule has 1 aromatic heterocycles. The van der Waals surface area contributed by atoms with Gasteiger partial charge in [0.25, 0.3) is 0 Å². The van der Waals surface area contributed by atoms with Gasteiger partial charge in [0.1, 0.15) is 11.5 Å². The van der Waals surface area contributed by atoms with E-state index in [-0.39, 0.29) is 0 Å². The van der Waals surface area contributed by atoms with Gasteiger partial charge in [0.05, 0.1) is 6.04 Å². The molecule has 0 radical (unpaired) electrons. The summed E-state index contributed by atoms with van der Waals surface area (Å²) in [5, 5.41) is 4.31. The lowest BCUT2D eigenvalue weighted by molar-refractivity contribution is 0.167. The maximum atomic E-state index is 5.51. The number of hydrogen-bond donors (Lipinski definition) is 0. The van der Waals surface area contributed by atoms with E-state index in [0.29, 0.717) is 18.8 Å². The molecule has 3 heterocycles. The average Bonchev–Trinajstić information content (AvgIpc) is 3.19. The fourth-order valence-electron chi connectivity index (χ4n) is 4.20. The second kappa shape index (κ2) is 7.70. The molecular formula is C21H28N2O3. The molecule has 140 valence electrons. The third-order valence-corrected chi connectivity index (χ3v) is 5.42. The number of rotatable bonds is 5. The lowest BCUT2D eigenvalue weighted by atomic mass is 9.98. The molecule has 0 saturated carbocycles. The third kappa shape index (κ3) is 3.88. The minimum atomic E-state index is 0.334. The first kappa shape index (κ1) is 17.4. The van der Waals surface area contributed by atoms with E-state index in [4.69, 9.17) is 14.0 Å². The fraction of sp³-hybridized carbons (Fsp3) is 0.571. The van der Waals surface area contributed by atoms with Gasteiger partial charge in [-0.3, -0.25) is 4.90 Å². The first-order chi connectivity index (χ1) is 12.7. The van der Waals surface area contributed by atoms with Crippen molar-refractivity contribution in [1.29, 1.82) is 0 Å². The number of aromatic nitrogens is 1. The van der Waals surface area contributed by atoms with E-state index < -0.39 is 0 Å². The van der Waals surface area contributed by atoms with E-state index in [1.54, 1.807) is 0 Å². The van der Waals surface area contributed by atoms with Gasteiger partial charge in [0.2, 0.25) is 6.79 Å². The molecule has 2 aliphatic rings. The summed E-state index contributed by atoms with van der Waals surface area (Å²) < 4.78 is 16.3. The van der Waals surface area contributed by atoms with Gasteiger partial charge in [-0.2, -0.15) is 0 Å². The van der Waals surface area contributed by atoms with Crippen molar-refractivity contribution in [3.63, 3.8) is 0 Å². The van der Waals surface area contributed by atoms with Crippen LogP contribution in [0.2, 0.25) is 0 Å². The summed E-state index contributed by atoms with van der Waals surface area (Å²) in [5.41, 5.74) is 2.41. The highest BCUT2D eigenvalue weighted by Gasteiger charge is 2.26. The van der Waals surface area contributed by atoms with Crippen molar-refractivity contribution < 1.29 is 14.0 Å². The molecule has 26 heavy (non-hydrogen) atoms.